The zero-order valence-electron chi connectivity index (χ0n) is 13.6. The van der Waals surface area contributed by atoms with E-state index in [1.54, 1.807) is 0 Å². The summed E-state index contributed by atoms with van der Waals surface area (Å²) in [7, 11) is 0. The van der Waals surface area contributed by atoms with Crippen molar-refractivity contribution in [2.45, 2.75) is 18.2 Å². The van der Waals surface area contributed by atoms with Gasteiger partial charge in [0.25, 0.3) is 5.91 Å². The van der Waals surface area contributed by atoms with Gasteiger partial charge in [-0.05, 0) is 31.2 Å². The Morgan fingerprint density at radius 1 is 1.12 bits per heavy atom. The van der Waals surface area contributed by atoms with Gasteiger partial charge in [-0.3, -0.25) is 9.59 Å². The Balaban J connectivity index is 1.69. The Labute approximate surface area is 148 Å². The molecule has 2 aromatic rings. The summed E-state index contributed by atoms with van der Waals surface area (Å²) in [5, 5.41) is 2.16. The maximum absolute atomic E-state index is 13.4. The second-order valence-electron chi connectivity index (χ2n) is 5.24. The molecule has 132 valence electrons. The van der Waals surface area contributed by atoms with E-state index in [2.05, 4.69) is 5.32 Å². The fraction of sp³-hybridized carbons (Fsp3) is 0.222. The fourth-order valence-electron chi connectivity index (χ4n) is 1.88. The van der Waals surface area contributed by atoms with Crippen LogP contribution in [0.2, 0.25) is 0 Å². The lowest BCUT2D eigenvalue weighted by atomic mass is 10.2. The van der Waals surface area contributed by atoms with Crippen molar-refractivity contribution >= 4 is 29.3 Å². The number of halogens is 2. The first-order valence-electron chi connectivity index (χ1n) is 7.54. The highest BCUT2D eigenvalue weighted by atomic mass is 32.2. The predicted molar refractivity (Wildman–Crippen MR) is 92.5 cm³/mol. The van der Waals surface area contributed by atoms with Gasteiger partial charge >= 0.3 is 5.97 Å². The Kier molecular flexibility index (Phi) is 6.94. The molecule has 0 atom stereocenters. The van der Waals surface area contributed by atoms with Crippen LogP contribution in [0.4, 0.5) is 14.5 Å². The van der Waals surface area contributed by atoms with Crippen LogP contribution in [0.5, 0.6) is 0 Å². The summed E-state index contributed by atoms with van der Waals surface area (Å²) < 4.78 is 31.2. The van der Waals surface area contributed by atoms with E-state index in [1.807, 2.05) is 31.2 Å². The van der Waals surface area contributed by atoms with E-state index in [0.717, 1.165) is 28.7 Å². The molecule has 1 N–H and O–H groups in total. The lowest BCUT2D eigenvalue weighted by molar-refractivity contribution is -0.146. The van der Waals surface area contributed by atoms with Gasteiger partial charge in [-0.25, -0.2) is 8.78 Å². The molecule has 7 heteroatoms. The molecular weight excluding hydrogens is 348 g/mol. The number of esters is 1. The first-order valence-corrected chi connectivity index (χ1v) is 8.52. The second-order valence-corrected chi connectivity index (χ2v) is 6.41. The summed E-state index contributed by atoms with van der Waals surface area (Å²) in [5.74, 6) is -2.20. The minimum absolute atomic E-state index is 0.139. The molecule has 0 aliphatic heterocycles. The van der Waals surface area contributed by atoms with Crippen molar-refractivity contribution in [3.8, 4) is 0 Å². The second kappa shape index (κ2) is 9.17. The molecule has 0 unspecified atom stereocenters. The molecule has 1 amide bonds. The summed E-state index contributed by atoms with van der Waals surface area (Å²) in [5.41, 5.74) is 0.862. The van der Waals surface area contributed by atoms with Crippen molar-refractivity contribution in [1.29, 1.82) is 0 Å². The molecule has 2 aromatic carbocycles. The molecule has 2 rings (SSSR count). The average Bonchev–Trinajstić information content (AvgIpc) is 2.58. The number of anilines is 1. The van der Waals surface area contributed by atoms with Crippen molar-refractivity contribution in [2.24, 2.45) is 0 Å². The number of hydrogen-bond donors (Lipinski definition) is 1. The fourth-order valence-corrected chi connectivity index (χ4v) is 2.72. The highest BCUT2D eigenvalue weighted by Gasteiger charge is 2.11. The van der Waals surface area contributed by atoms with E-state index in [9.17, 15) is 18.4 Å². The van der Waals surface area contributed by atoms with E-state index >= 15 is 0 Å². The van der Waals surface area contributed by atoms with E-state index < -0.39 is 30.1 Å². The van der Waals surface area contributed by atoms with Gasteiger partial charge in [-0.1, -0.05) is 17.7 Å². The largest absolute Gasteiger partial charge is 0.456 e. The van der Waals surface area contributed by atoms with Crippen LogP contribution in [0.1, 0.15) is 12.0 Å². The summed E-state index contributed by atoms with van der Waals surface area (Å²) in [6.45, 7) is 1.44. The topological polar surface area (TPSA) is 55.4 Å². The number of carbonyl (C=O) groups excluding carboxylic acids is 2. The lowest BCUT2D eigenvalue weighted by Gasteiger charge is -2.07. The normalized spacial score (nSPS) is 10.4. The van der Waals surface area contributed by atoms with Gasteiger partial charge < -0.3 is 10.1 Å². The van der Waals surface area contributed by atoms with Gasteiger partial charge in [0, 0.05) is 16.7 Å². The summed E-state index contributed by atoms with van der Waals surface area (Å²) >= 11 is 1.51. The number of benzene rings is 2. The summed E-state index contributed by atoms with van der Waals surface area (Å²) in [4.78, 5) is 24.3. The molecule has 0 aliphatic rings. The Morgan fingerprint density at radius 2 is 1.84 bits per heavy atom. The number of amides is 1. The monoisotopic (exact) mass is 365 g/mol. The maximum atomic E-state index is 13.4. The molecule has 0 fully saturated rings. The third-order valence-corrected chi connectivity index (χ3v) is 4.18. The van der Waals surface area contributed by atoms with Crippen molar-refractivity contribution in [3.05, 3.63) is 59.7 Å². The standard InChI is InChI=1S/C18H17F2NO3S/c1-12-2-5-14(6-3-12)25-9-8-18(23)24-11-17(22)21-16-10-13(19)4-7-15(16)20/h2-7,10H,8-9,11H2,1H3,(H,21,22). The van der Waals surface area contributed by atoms with Crippen molar-refractivity contribution in [3.63, 3.8) is 0 Å². The molecule has 0 heterocycles. The van der Waals surface area contributed by atoms with Gasteiger partial charge in [0.05, 0.1) is 12.1 Å². The Morgan fingerprint density at radius 3 is 2.56 bits per heavy atom. The van der Waals surface area contributed by atoms with E-state index in [1.165, 1.54) is 11.8 Å². The number of hydrogen-bond acceptors (Lipinski definition) is 4. The first-order chi connectivity index (χ1) is 11.9. The molecule has 25 heavy (non-hydrogen) atoms. The summed E-state index contributed by atoms with van der Waals surface area (Å²) in [6.07, 6.45) is 0.139. The summed E-state index contributed by atoms with van der Waals surface area (Å²) in [6, 6.07) is 10.6. The third-order valence-electron chi connectivity index (χ3n) is 3.16. The van der Waals surface area contributed by atoms with Crippen LogP contribution in [0.3, 0.4) is 0 Å². The first kappa shape index (κ1) is 18.9. The molecule has 0 spiro atoms. The van der Waals surface area contributed by atoms with Crippen molar-refractivity contribution in [1.82, 2.24) is 0 Å². The van der Waals surface area contributed by atoms with E-state index in [4.69, 9.17) is 4.74 Å². The van der Waals surface area contributed by atoms with Crippen LogP contribution >= 0.6 is 11.8 Å². The quantitative estimate of drug-likeness (QED) is 0.597. The van der Waals surface area contributed by atoms with Crippen LogP contribution in [-0.2, 0) is 14.3 Å². The van der Waals surface area contributed by atoms with E-state index in [0.29, 0.717) is 5.75 Å². The van der Waals surface area contributed by atoms with Crippen LogP contribution in [0.25, 0.3) is 0 Å². The Bertz CT molecular complexity index is 750. The maximum Gasteiger partial charge on any atom is 0.307 e. The number of rotatable bonds is 7. The number of aryl methyl sites for hydroxylation is 1. The number of ether oxygens (including phenoxy) is 1. The number of nitrogens with one attached hydrogen (secondary N) is 1. The molecular formula is C18H17F2NO3S. The molecule has 0 radical (unpaired) electrons. The zero-order chi connectivity index (χ0) is 18.2. The van der Waals surface area contributed by atoms with Gasteiger partial charge in [0.1, 0.15) is 11.6 Å². The zero-order valence-corrected chi connectivity index (χ0v) is 14.4. The Hall–Kier alpha value is -2.41. The SMILES string of the molecule is Cc1ccc(SCCC(=O)OCC(=O)Nc2cc(F)ccc2F)cc1. The van der Waals surface area contributed by atoms with Crippen LogP contribution in [-0.4, -0.2) is 24.2 Å². The molecule has 0 saturated carbocycles. The highest BCUT2D eigenvalue weighted by Crippen LogP contribution is 2.19. The van der Waals surface area contributed by atoms with Crippen molar-refractivity contribution in [2.75, 3.05) is 17.7 Å². The van der Waals surface area contributed by atoms with Gasteiger partial charge in [-0.15, -0.1) is 11.8 Å². The van der Waals surface area contributed by atoms with Gasteiger partial charge in [-0.2, -0.15) is 0 Å². The molecule has 0 aromatic heterocycles. The molecule has 0 aliphatic carbocycles. The highest BCUT2D eigenvalue weighted by molar-refractivity contribution is 7.99. The van der Waals surface area contributed by atoms with Crippen LogP contribution in [0.15, 0.2) is 47.4 Å². The smallest absolute Gasteiger partial charge is 0.307 e. The lowest BCUT2D eigenvalue weighted by Crippen LogP contribution is -2.21. The van der Waals surface area contributed by atoms with E-state index in [-0.39, 0.29) is 12.1 Å². The van der Waals surface area contributed by atoms with Crippen LogP contribution < -0.4 is 5.32 Å². The van der Waals surface area contributed by atoms with Crippen molar-refractivity contribution < 1.29 is 23.1 Å². The molecule has 0 bridgehead atoms. The van der Waals surface area contributed by atoms with Crippen LogP contribution in [0, 0.1) is 18.6 Å². The average molecular weight is 365 g/mol. The van der Waals surface area contributed by atoms with Gasteiger partial charge in [0.15, 0.2) is 6.61 Å². The molecule has 4 nitrogen and oxygen atoms in total. The molecule has 0 saturated heterocycles. The minimum atomic E-state index is -0.768. The van der Waals surface area contributed by atoms with Gasteiger partial charge in [0.2, 0.25) is 0 Å². The number of carbonyl (C=O) groups is 2. The third kappa shape index (κ3) is 6.54. The minimum Gasteiger partial charge on any atom is -0.456 e. The number of thioether (sulfide) groups is 1. The predicted octanol–water partition coefficient (Wildman–Crippen LogP) is 3.94.